The lowest BCUT2D eigenvalue weighted by molar-refractivity contribution is -0.139. The van der Waals surface area contributed by atoms with Gasteiger partial charge >= 0.3 is 6.18 Å². The number of hydrogen-bond donors (Lipinski definition) is 2. The lowest BCUT2D eigenvalue weighted by Gasteiger charge is -2.38. The number of aromatic nitrogens is 3. The number of H-pyrrole nitrogens is 1. The molecule has 1 aliphatic carbocycles. The van der Waals surface area contributed by atoms with Gasteiger partial charge < -0.3 is 15.2 Å². The molecule has 33 heavy (non-hydrogen) atoms. The van der Waals surface area contributed by atoms with Gasteiger partial charge in [-0.2, -0.15) is 17.6 Å². The fraction of sp³-hybridized carbons (Fsp3) is 0.429. The van der Waals surface area contributed by atoms with Gasteiger partial charge in [0.25, 0.3) is 11.5 Å². The van der Waals surface area contributed by atoms with Gasteiger partial charge in [-0.05, 0) is 30.5 Å². The Hall–Kier alpha value is -3.28. The number of nitrogens with zero attached hydrogens (tertiary/aromatic N) is 4. The van der Waals surface area contributed by atoms with E-state index in [1.807, 2.05) is 11.0 Å². The number of carbonyl (C=O) groups excluding carboxylic acids is 1. The Morgan fingerprint density at radius 3 is 2.55 bits per heavy atom. The fourth-order valence-corrected chi connectivity index (χ4v) is 4.16. The van der Waals surface area contributed by atoms with Crippen LogP contribution in [-0.2, 0) is 6.18 Å². The molecule has 2 aromatic heterocycles. The van der Waals surface area contributed by atoms with Crippen molar-refractivity contribution in [3.05, 3.63) is 57.8 Å². The average molecular weight is 466 g/mol. The van der Waals surface area contributed by atoms with Crippen molar-refractivity contribution in [1.82, 2.24) is 25.2 Å². The van der Waals surface area contributed by atoms with Gasteiger partial charge in [-0.3, -0.25) is 14.5 Å². The second-order valence-electron chi connectivity index (χ2n) is 7.88. The van der Waals surface area contributed by atoms with Crippen molar-refractivity contribution in [1.29, 1.82) is 0 Å². The Balaban J connectivity index is 1.41. The van der Waals surface area contributed by atoms with Crippen LogP contribution in [0.1, 0.15) is 34.7 Å². The van der Waals surface area contributed by atoms with Crippen molar-refractivity contribution < 1.29 is 22.4 Å². The Morgan fingerprint density at radius 1 is 1.21 bits per heavy atom. The summed E-state index contributed by atoms with van der Waals surface area (Å²) in [6, 6.07) is 3.07. The van der Waals surface area contributed by atoms with E-state index in [4.69, 9.17) is 0 Å². The number of allylic oxidation sites excluding steroid dienone is 1. The Morgan fingerprint density at radius 2 is 1.94 bits per heavy atom. The van der Waals surface area contributed by atoms with Crippen LogP contribution in [0, 0.1) is 5.95 Å². The number of carbonyl (C=O) groups is 1. The van der Waals surface area contributed by atoms with Crippen LogP contribution in [0.5, 0.6) is 0 Å². The molecule has 0 spiro atoms. The van der Waals surface area contributed by atoms with Crippen molar-refractivity contribution in [2.24, 2.45) is 0 Å². The van der Waals surface area contributed by atoms with E-state index < -0.39 is 29.2 Å². The van der Waals surface area contributed by atoms with E-state index in [2.05, 4.69) is 25.2 Å². The Bertz CT molecular complexity index is 1140. The minimum atomic E-state index is -4.75. The highest BCUT2D eigenvalue weighted by Crippen LogP contribution is 2.31. The number of rotatable bonds is 4. The highest BCUT2D eigenvalue weighted by molar-refractivity contribution is 5.92. The molecule has 4 rings (SSSR count). The molecule has 0 saturated carbocycles. The van der Waals surface area contributed by atoms with Gasteiger partial charge in [0.15, 0.2) is 0 Å². The molecule has 0 radical (unpaired) electrons. The predicted molar refractivity (Wildman–Crippen MR) is 112 cm³/mol. The number of hydrogen-bond acceptors (Lipinski definition) is 6. The standard InChI is InChI=1S/C21H22F4N6O2/c1-26-20(33)15-4-5-16(17(22)28-15)31-8-6-30(7-9-31)13-3-2-12(10-13)18-27-11-14(19(32)29-18)21(23,24)25/h4-5,10-11,13H,2-3,6-9H2,1H3,(H,26,33)(H,27,29,32). The fourth-order valence-electron chi connectivity index (χ4n) is 4.16. The van der Waals surface area contributed by atoms with Crippen molar-refractivity contribution in [3.63, 3.8) is 0 Å². The molecule has 2 aromatic rings. The van der Waals surface area contributed by atoms with Gasteiger partial charge in [-0.15, -0.1) is 0 Å². The molecular weight excluding hydrogens is 444 g/mol. The van der Waals surface area contributed by atoms with Crippen molar-refractivity contribution >= 4 is 17.2 Å². The van der Waals surface area contributed by atoms with E-state index in [-0.39, 0.29) is 17.6 Å². The van der Waals surface area contributed by atoms with Gasteiger partial charge in [0.1, 0.15) is 17.1 Å². The van der Waals surface area contributed by atoms with Crippen LogP contribution in [0.25, 0.3) is 5.57 Å². The molecule has 3 heterocycles. The summed E-state index contributed by atoms with van der Waals surface area (Å²) >= 11 is 0. The number of pyridine rings is 1. The van der Waals surface area contributed by atoms with Crippen LogP contribution in [-0.4, -0.2) is 65.0 Å². The maximum Gasteiger partial charge on any atom is 0.423 e. The summed E-state index contributed by atoms with van der Waals surface area (Å²) in [6.45, 7) is 2.38. The normalized spacial score (nSPS) is 19.5. The summed E-state index contributed by atoms with van der Waals surface area (Å²) in [5.74, 6) is -1.01. The van der Waals surface area contributed by atoms with E-state index in [0.29, 0.717) is 50.1 Å². The van der Waals surface area contributed by atoms with Crippen LogP contribution in [0.15, 0.2) is 29.2 Å². The molecular formula is C21H22F4N6O2. The van der Waals surface area contributed by atoms with Crippen LogP contribution >= 0.6 is 0 Å². The summed E-state index contributed by atoms with van der Waals surface area (Å²) in [7, 11) is 1.45. The first-order valence-corrected chi connectivity index (χ1v) is 10.4. The van der Waals surface area contributed by atoms with Gasteiger partial charge in [0, 0.05) is 45.5 Å². The zero-order valence-corrected chi connectivity index (χ0v) is 17.7. The summed E-state index contributed by atoms with van der Waals surface area (Å²) in [5, 5.41) is 2.40. The van der Waals surface area contributed by atoms with E-state index in [1.165, 1.54) is 13.1 Å². The first kappa shape index (κ1) is 22.9. The van der Waals surface area contributed by atoms with Crippen LogP contribution < -0.4 is 15.8 Å². The number of piperazine rings is 1. The molecule has 1 fully saturated rings. The minimum absolute atomic E-state index is 0.0101. The van der Waals surface area contributed by atoms with Crippen LogP contribution in [0.3, 0.4) is 0 Å². The third-order valence-corrected chi connectivity index (χ3v) is 5.92. The number of nitrogens with one attached hydrogen (secondary N) is 2. The smallest absolute Gasteiger partial charge is 0.365 e. The molecule has 176 valence electrons. The quantitative estimate of drug-likeness (QED) is 0.529. The first-order chi connectivity index (χ1) is 15.7. The number of halogens is 4. The highest BCUT2D eigenvalue weighted by atomic mass is 19.4. The van der Waals surface area contributed by atoms with Crippen LogP contribution in [0.4, 0.5) is 23.2 Å². The molecule has 2 aliphatic rings. The third-order valence-electron chi connectivity index (χ3n) is 5.92. The van der Waals surface area contributed by atoms with E-state index in [9.17, 15) is 27.2 Å². The first-order valence-electron chi connectivity index (χ1n) is 10.4. The Labute approximate surface area is 186 Å². The number of alkyl halides is 3. The third kappa shape index (κ3) is 4.75. The minimum Gasteiger partial charge on any atom is -0.365 e. The topological polar surface area (TPSA) is 94.2 Å². The van der Waals surface area contributed by atoms with E-state index in [0.717, 1.165) is 6.42 Å². The second kappa shape index (κ2) is 8.93. The molecule has 12 heteroatoms. The van der Waals surface area contributed by atoms with Gasteiger partial charge in [-0.25, -0.2) is 9.97 Å². The molecule has 1 unspecified atom stereocenters. The molecule has 0 bridgehead atoms. The predicted octanol–water partition coefficient (Wildman–Crippen LogP) is 2.05. The van der Waals surface area contributed by atoms with Gasteiger partial charge in [0.05, 0.1) is 5.69 Å². The highest BCUT2D eigenvalue weighted by Gasteiger charge is 2.35. The van der Waals surface area contributed by atoms with Crippen molar-refractivity contribution in [3.8, 4) is 0 Å². The van der Waals surface area contributed by atoms with Crippen molar-refractivity contribution in [2.45, 2.75) is 25.1 Å². The maximum absolute atomic E-state index is 14.4. The molecule has 1 saturated heterocycles. The average Bonchev–Trinajstić information content (AvgIpc) is 3.28. The number of anilines is 1. The van der Waals surface area contributed by atoms with E-state index >= 15 is 0 Å². The SMILES string of the molecule is CNC(=O)c1ccc(N2CCN(C3C=C(c4ncc(C(F)(F)F)c(=O)[nH]4)CC3)CC2)c(F)n1. The van der Waals surface area contributed by atoms with Gasteiger partial charge in [-0.1, -0.05) is 6.08 Å². The molecule has 1 amide bonds. The van der Waals surface area contributed by atoms with Crippen molar-refractivity contribution in [2.75, 3.05) is 38.1 Å². The number of aromatic amines is 1. The summed E-state index contributed by atoms with van der Waals surface area (Å²) in [6.07, 6.45) is -0.931. The number of amides is 1. The second-order valence-corrected chi connectivity index (χ2v) is 7.88. The van der Waals surface area contributed by atoms with E-state index in [1.54, 1.807) is 6.07 Å². The largest absolute Gasteiger partial charge is 0.423 e. The molecule has 8 nitrogen and oxygen atoms in total. The summed E-state index contributed by atoms with van der Waals surface area (Å²) in [4.78, 5) is 37.2. The van der Waals surface area contributed by atoms with Gasteiger partial charge in [0.2, 0.25) is 5.95 Å². The molecule has 2 N–H and O–H groups in total. The maximum atomic E-state index is 14.4. The summed E-state index contributed by atoms with van der Waals surface area (Å²) in [5.41, 5.74) is -1.48. The lowest BCUT2D eigenvalue weighted by atomic mass is 10.2. The Kier molecular flexibility index (Phi) is 6.19. The lowest BCUT2D eigenvalue weighted by Crippen LogP contribution is -2.49. The summed E-state index contributed by atoms with van der Waals surface area (Å²) < 4.78 is 52.8. The zero-order valence-electron chi connectivity index (χ0n) is 17.7. The zero-order chi connectivity index (χ0) is 23.8. The van der Waals surface area contributed by atoms with Crippen LogP contribution in [0.2, 0.25) is 0 Å². The molecule has 1 atom stereocenters. The molecule has 1 aliphatic heterocycles. The molecule has 0 aromatic carbocycles. The monoisotopic (exact) mass is 466 g/mol.